The number of hydrogen-bond acceptors (Lipinski definition) is 3. The zero-order chi connectivity index (χ0) is 11.0. The first-order valence-corrected chi connectivity index (χ1v) is 5.10. The first-order chi connectivity index (χ1) is 7.08. The third-order valence-corrected chi connectivity index (χ3v) is 2.61. The molecular weight excluding hydrogens is 283 g/mol. The van der Waals surface area contributed by atoms with E-state index in [4.69, 9.17) is 16.7 Å². The number of aromatic carboxylic acids is 1. The summed E-state index contributed by atoms with van der Waals surface area (Å²) in [6.45, 7) is 0. The fourth-order valence-corrected chi connectivity index (χ4v) is 2.03. The summed E-state index contributed by atoms with van der Waals surface area (Å²) in [5.41, 5.74) is 0.948. The van der Waals surface area contributed by atoms with E-state index in [-0.39, 0.29) is 5.69 Å². The minimum atomic E-state index is -1.11. The highest BCUT2D eigenvalue weighted by Crippen LogP contribution is 2.25. The maximum atomic E-state index is 10.7. The van der Waals surface area contributed by atoms with Crippen LogP contribution in [-0.4, -0.2) is 21.0 Å². The monoisotopic (exact) mass is 286 g/mol. The average molecular weight is 288 g/mol. The van der Waals surface area contributed by atoms with Gasteiger partial charge in [-0.25, -0.2) is 9.78 Å². The van der Waals surface area contributed by atoms with E-state index in [0.717, 1.165) is 0 Å². The van der Waals surface area contributed by atoms with Crippen LogP contribution in [-0.2, 0) is 0 Å². The number of carboxylic acid groups (broad SMARTS) is 1. The number of hydrogen-bond donors (Lipinski definition) is 1. The van der Waals surface area contributed by atoms with Crippen LogP contribution >= 0.6 is 27.5 Å². The van der Waals surface area contributed by atoms with Gasteiger partial charge in [0.1, 0.15) is 5.52 Å². The Labute approximate surface area is 98.0 Å². The second kappa shape index (κ2) is 3.75. The maximum Gasteiger partial charge on any atom is 0.356 e. The van der Waals surface area contributed by atoms with Crippen LogP contribution < -0.4 is 0 Å². The molecule has 0 unspecified atom stereocenters. The van der Waals surface area contributed by atoms with E-state index in [0.29, 0.717) is 20.5 Å². The van der Waals surface area contributed by atoms with Crippen molar-refractivity contribution in [2.24, 2.45) is 0 Å². The summed E-state index contributed by atoms with van der Waals surface area (Å²) in [6.07, 6.45) is 1.20. The van der Waals surface area contributed by atoms with E-state index in [1.807, 2.05) is 0 Å². The SMILES string of the molecule is O=C(O)c1cnc2cc(Cl)cc(Br)c2n1. The van der Waals surface area contributed by atoms with Gasteiger partial charge >= 0.3 is 5.97 Å². The Morgan fingerprint density at radius 2 is 2.20 bits per heavy atom. The van der Waals surface area contributed by atoms with E-state index >= 15 is 0 Å². The Morgan fingerprint density at radius 1 is 1.47 bits per heavy atom. The first-order valence-electron chi connectivity index (χ1n) is 3.93. The summed E-state index contributed by atoms with van der Waals surface area (Å²) < 4.78 is 0.626. The van der Waals surface area contributed by atoms with Crippen molar-refractivity contribution in [2.75, 3.05) is 0 Å². The molecular formula is C9H4BrClN2O2. The van der Waals surface area contributed by atoms with Crippen molar-refractivity contribution >= 4 is 44.5 Å². The van der Waals surface area contributed by atoms with Crippen LogP contribution in [0.4, 0.5) is 0 Å². The van der Waals surface area contributed by atoms with Crippen molar-refractivity contribution in [3.63, 3.8) is 0 Å². The average Bonchev–Trinajstić information content (AvgIpc) is 2.16. The molecule has 0 bridgehead atoms. The van der Waals surface area contributed by atoms with Gasteiger partial charge in [-0.05, 0) is 28.1 Å². The van der Waals surface area contributed by atoms with Crippen molar-refractivity contribution in [1.29, 1.82) is 0 Å². The van der Waals surface area contributed by atoms with Gasteiger partial charge in [-0.2, -0.15) is 0 Å². The molecule has 76 valence electrons. The Balaban J connectivity index is 2.76. The van der Waals surface area contributed by atoms with Gasteiger partial charge < -0.3 is 5.11 Å². The number of aromatic nitrogens is 2. The Hall–Kier alpha value is -1.20. The van der Waals surface area contributed by atoms with Crippen molar-refractivity contribution < 1.29 is 9.90 Å². The van der Waals surface area contributed by atoms with Crippen molar-refractivity contribution in [2.45, 2.75) is 0 Å². The highest BCUT2D eigenvalue weighted by molar-refractivity contribution is 9.10. The lowest BCUT2D eigenvalue weighted by atomic mass is 10.3. The molecule has 0 radical (unpaired) electrons. The van der Waals surface area contributed by atoms with E-state index in [9.17, 15) is 4.79 Å². The number of nitrogens with zero attached hydrogens (tertiary/aromatic N) is 2. The molecule has 0 spiro atoms. The molecule has 1 aromatic heterocycles. The second-order valence-corrected chi connectivity index (χ2v) is 4.11. The van der Waals surface area contributed by atoms with Crippen LogP contribution in [0.3, 0.4) is 0 Å². The van der Waals surface area contributed by atoms with Gasteiger partial charge in [-0.15, -0.1) is 0 Å². The molecule has 0 aliphatic carbocycles. The molecule has 0 fully saturated rings. The third-order valence-electron chi connectivity index (χ3n) is 1.79. The molecule has 0 amide bonds. The van der Waals surface area contributed by atoms with E-state index in [2.05, 4.69) is 25.9 Å². The molecule has 6 heteroatoms. The number of rotatable bonds is 1. The summed E-state index contributed by atoms with van der Waals surface area (Å²) in [5.74, 6) is -1.11. The molecule has 1 aromatic carbocycles. The van der Waals surface area contributed by atoms with E-state index in [1.54, 1.807) is 12.1 Å². The van der Waals surface area contributed by atoms with Gasteiger partial charge in [0.25, 0.3) is 0 Å². The van der Waals surface area contributed by atoms with Gasteiger partial charge in [0.05, 0.1) is 11.7 Å². The van der Waals surface area contributed by atoms with E-state index in [1.165, 1.54) is 6.20 Å². The predicted octanol–water partition coefficient (Wildman–Crippen LogP) is 2.74. The molecule has 0 atom stereocenters. The van der Waals surface area contributed by atoms with Crippen LogP contribution in [0.15, 0.2) is 22.8 Å². The number of benzene rings is 1. The lowest BCUT2D eigenvalue weighted by Crippen LogP contribution is -2.01. The van der Waals surface area contributed by atoms with Gasteiger partial charge in [-0.1, -0.05) is 11.6 Å². The molecule has 4 nitrogen and oxygen atoms in total. The maximum absolute atomic E-state index is 10.7. The topological polar surface area (TPSA) is 63.1 Å². The fraction of sp³-hybridized carbons (Fsp3) is 0. The Kier molecular flexibility index (Phi) is 2.58. The van der Waals surface area contributed by atoms with Crippen molar-refractivity contribution in [3.8, 4) is 0 Å². The quantitative estimate of drug-likeness (QED) is 0.876. The number of halogens is 2. The minimum absolute atomic E-state index is 0.0921. The van der Waals surface area contributed by atoms with Crippen LogP contribution in [0, 0.1) is 0 Å². The zero-order valence-electron chi connectivity index (χ0n) is 7.24. The van der Waals surface area contributed by atoms with Crippen molar-refractivity contribution in [3.05, 3.63) is 33.5 Å². The molecule has 1 heterocycles. The lowest BCUT2D eigenvalue weighted by molar-refractivity contribution is 0.0690. The van der Waals surface area contributed by atoms with Gasteiger partial charge in [-0.3, -0.25) is 4.98 Å². The minimum Gasteiger partial charge on any atom is -0.476 e. The summed E-state index contributed by atoms with van der Waals surface area (Å²) in [4.78, 5) is 18.6. The van der Waals surface area contributed by atoms with Gasteiger partial charge in [0, 0.05) is 9.50 Å². The molecule has 2 rings (SSSR count). The molecule has 0 aliphatic rings. The molecule has 1 N–H and O–H groups in total. The molecule has 0 aliphatic heterocycles. The smallest absolute Gasteiger partial charge is 0.356 e. The highest BCUT2D eigenvalue weighted by Gasteiger charge is 2.09. The van der Waals surface area contributed by atoms with Crippen LogP contribution in [0.2, 0.25) is 5.02 Å². The highest BCUT2D eigenvalue weighted by atomic mass is 79.9. The summed E-state index contributed by atoms with van der Waals surface area (Å²) in [5, 5.41) is 9.27. The van der Waals surface area contributed by atoms with Crippen molar-refractivity contribution in [1.82, 2.24) is 9.97 Å². The Morgan fingerprint density at radius 3 is 2.87 bits per heavy atom. The normalized spacial score (nSPS) is 10.5. The number of carboxylic acids is 1. The summed E-state index contributed by atoms with van der Waals surface area (Å²) in [7, 11) is 0. The van der Waals surface area contributed by atoms with Gasteiger partial charge in [0.2, 0.25) is 0 Å². The fourth-order valence-electron chi connectivity index (χ4n) is 1.14. The molecule has 15 heavy (non-hydrogen) atoms. The molecule has 2 aromatic rings. The van der Waals surface area contributed by atoms with Gasteiger partial charge in [0.15, 0.2) is 5.69 Å². The second-order valence-electron chi connectivity index (χ2n) is 2.82. The van der Waals surface area contributed by atoms with Crippen LogP contribution in [0.5, 0.6) is 0 Å². The molecule has 0 saturated heterocycles. The Bertz CT molecular complexity index is 559. The largest absolute Gasteiger partial charge is 0.476 e. The predicted molar refractivity (Wildman–Crippen MR) is 59.2 cm³/mol. The summed E-state index contributed by atoms with van der Waals surface area (Å²) in [6, 6.07) is 3.27. The van der Waals surface area contributed by atoms with Crippen LogP contribution in [0.1, 0.15) is 10.5 Å². The third kappa shape index (κ3) is 1.93. The summed E-state index contributed by atoms with van der Waals surface area (Å²) >= 11 is 9.06. The van der Waals surface area contributed by atoms with Crippen LogP contribution in [0.25, 0.3) is 11.0 Å². The lowest BCUT2D eigenvalue weighted by Gasteiger charge is -2.01. The molecule has 0 saturated carbocycles. The number of fused-ring (bicyclic) bond motifs is 1. The first kappa shape index (κ1) is 10.3. The number of carbonyl (C=O) groups is 1. The zero-order valence-corrected chi connectivity index (χ0v) is 9.58. The standard InChI is InChI=1S/C9H4BrClN2O2/c10-5-1-4(11)2-6-8(5)13-7(3-12-6)9(14)15/h1-3H,(H,14,15). The van der Waals surface area contributed by atoms with E-state index < -0.39 is 5.97 Å².